The molecule has 0 saturated heterocycles. The van der Waals surface area contributed by atoms with Crippen LogP contribution in [0.5, 0.6) is 0 Å². The zero-order chi connectivity index (χ0) is 17.5. The van der Waals surface area contributed by atoms with Crippen molar-refractivity contribution in [3.05, 3.63) is 35.9 Å². The lowest BCUT2D eigenvalue weighted by atomic mass is 9.94. The molecule has 6 heteroatoms. The fraction of sp³-hybridized carbons (Fsp3) is 0.529. The van der Waals surface area contributed by atoms with Crippen LogP contribution in [0.2, 0.25) is 0 Å². The average Bonchev–Trinajstić information content (AvgIpc) is 2.54. The van der Waals surface area contributed by atoms with Gasteiger partial charge in [-0.05, 0) is 19.4 Å². The number of rotatable bonds is 8. The average molecular weight is 323 g/mol. The van der Waals surface area contributed by atoms with Gasteiger partial charge in [-0.15, -0.1) is 0 Å². The highest BCUT2D eigenvalue weighted by molar-refractivity contribution is 5.86. The minimum absolute atomic E-state index is 0.165. The summed E-state index contributed by atoms with van der Waals surface area (Å²) in [5, 5.41) is 2.69. The predicted octanol–water partition coefficient (Wildman–Crippen LogP) is 1.33. The summed E-state index contributed by atoms with van der Waals surface area (Å²) in [5.41, 5.74) is 0.0711. The molecule has 1 N–H and O–H groups in total. The molecule has 1 unspecified atom stereocenters. The standard InChI is InChI=1S/C17H25NO5/c1-17(2,23-5)15(21-3)14(16(20)22-4)18-13(19)11-12-9-7-6-8-10-12/h6-10,14-15H,11H2,1-5H3,(H,18,19)/t14-,15?/m0/s1. The third-order valence-electron chi connectivity index (χ3n) is 3.75. The Morgan fingerprint density at radius 2 is 1.74 bits per heavy atom. The van der Waals surface area contributed by atoms with Crippen LogP contribution in [-0.2, 0) is 30.2 Å². The second-order valence-electron chi connectivity index (χ2n) is 5.69. The van der Waals surface area contributed by atoms with E-state index in [-0.39, 0.29) is 12.3 Å². The number of ether oxygens (including phenoxy) is 3. The van der Waals surface area contributed by atoms with Gasteiger partial charge in [-0.2, -0.15) is 0 Å². The monoisotopic (exact) mass is 323 g/mol. The number of carbonyl (C=O) groups excluding carboxylic acids is 2. The summed E-state index contributed by atoms with van der Waals surface area (Å²) in [6.45, 7) is 3.56. The van der Waals surface area contributed by atoms with Crippen molar-refractivity contribution < 1.29 is 23.8 Å². The number of nitrogens with one attached hydrogen (secondary N) is 1. The lowest BCUT2D eigenvalue weighted by Gasteiger charge is -2.36. The van der Waals surface area contributed by atoms with Crippen molar-refractivity contribution in [2.45, 2.75) is 38.0 Å². The van der Waals surface area contributed by atoms with E-state index in [1.807, 2.05) is 30.3 Å². The van der Waals surface area contributed by atoms with Gasteiger partial charge in [0.2, 0.25) is 5.91 Å². The minimum atomic E-state index is -0.962. The Kier molecular flexibility index (Phi) is 7.19. The summed E-state index contributed by atoms with van der Waals surface area (Å²) in [7, 11) is 4.25. The fourth-order valence-corrected chi connectivity index (χ4v) is 2.33. The number of benzene rings is 1. The molecular weight excluding hydrogens is 298 g/mol. The number of hydrogen-bond acceptors (Lipinski definition) is 5. The summed E-state index contributed by atoms with van der Waals surface area (Å²) in [5.74, 6) is -0.871. The summed E-state index contributed by atoms with van der Waals surface area (Å²) in [6.07, 6.45) is -0.530. The lowest BCUT2D eigenvalue weighted by Crippen LogP contribution is -2.58. The summed E-state index contributed by atoms with van der Waals surface area (Å²) in [4.78, 5) is 24.4. The molecule has 1 aromatic carbocycles. The van der Waals surface area contributed by atoms with Gasteiger partial charge in [-0.1, -0.05) is 30.3 Å². The van der Waals surface area contributed by atoms with Crippen LogP contribution < -0.4 is 5.32 Å². The molecule has 0 fully saturated rings. The zero-order valence-electron chi connectivity index (χ0n) is 14.3. The van der Waals surface area contributed by atoms with E-state index in [0.717, 1.165) is 5.56 Å². The van der Waals surface area contributed by atoms with E-state index in [0.29, 0.717) is 0 Å². The van der Waals surface area contributed by atoms with Gasteiger partial charge in [0.05, 0.1) is 19.1 Å². The highest BCUT2D eigenvalue weighted by Gasteiger charge is 2.41. The van der Waals surface area contributed by atoms with Crippen molar-refractivity contribution in [2.75, 3.05) is 21.3 Å². The number of hydrogen-bond donors (Lipinski definition) is 1. The van der Waals surface area contributed by atoms with Gasteiger partial charge in [0, 0.05) is 14.2 Å². The molecule has 0 saturated carbocycles. The van der Waals surface area contributed by atoms with Crippen LogP contribution in [-0.4, -0.2) is 51.0 Å². The Morgan fingerprint density at radius 1 is 1.13 bits per heavy atom. The van der Waals surface area contributed by atoms with Crippen LogP contribution in [0.3, 0.4) is 0 Å². The van der Waals surface area contributed by atoms with Gasteiger partial charge in [0.25, 0.3) is 0 Å². The smallest absolute Gasteiger partial charge is 0.331 e. The molecule has 1 aromatic rings. The van der Waals surface area contributed by atoms with Crippen molar-refractivity contribution >= 4 is 11.9 Å². The molecular formula is C17H25NO5. The van der Waals surface area contributed by atoms with Crippen molar-refractivity contribution in [3.63, 3.8) is 0 Å². The molecule has 2 atom stereocenters. The van der Waals surface area contributed by atoms with Gasteiger partial charge >= 0.3 is 5.97 Å². The van der Waals surface area contributed by atoms with Gasteiger partial charge in [0.1, 0.15) is 6.10 Å². The molecule has 0 radical (unpaired) electrons. The van der Waals surface area contributed by atoms with E-state index in [1.165, 1.54) is 21.3 Å². The summed E-state index contributed by atoms with van der Waals surface area (Å²) < 4.78 is 15.6. The zero-order valence-corrected chi connectivity index (χ0v) is 14.3. The molecule has 0 aliphatic heterocycles. The number of esters is 1. The van der Waals surface area contributed by atoms with Gasteiger partial charge in [-0.3, -0.25) is 4.79 Å². The fourth-order valence-electron chi connectivity index (χ4n) is 2.33. The van der Waals surface area contributed by atoms with E-state index < -0.39 is 23.7 Å². The third-order valence-corrected chi connectivity index (χ3v) is 3.75. The van der Waals surface area contributed by atoms with Gasteiger partial charge < -0.3 is 19.5 Å². The summed E-state index contributed by atoms with van der Waals surface area (Å²) >= 11 is 0. The van der Waals surface area contributed by atoms with E-state index >= 15 is 0 Å². The molecule has 0 aromatic heterocycles. The second kappa shape index (κ2) is 8.64. The highest BCUT2D eigenvalue weighted by atomic mass is 16.5. The maximum Gasteiger partial charge on any atom is 0.331 e. The molecule has 0 aliphatic carbocycles. The van der Waals surface area contributed by atoms with Crippen molar-refractivity contribution in [3.8, 4) is 0 Å². The van der Waals surface area contributed by atoms with Crippen molar-refractivity contribution in [1.82, 2.24) is 5.32 Å². The van der Waals surface area contributed by atoms with Gasteiger partial charge in [0.15, 0.2) is 6.04 Å². The van der Waals surface area contributed by atoms with Crippen LogP contribution in [0.15, 0.2) is 30.3 Å². The Bertz CT molecular complexity index is 515. The second-order valence-corrected chi connectivity index (χ2v) is 5.69. The third kappa shape index (κ3) is 5.33. The molecule has 6 nitrogen and oxygen atoms in total. The van der Waals surface area contributed by atoms with Crippen LogP contribution in [0, 0.1) is 0 Å². The first-order chi connectivity index (χ1) is 10.9. The Morgan fingerprint density at radius 3 is 2.22 bits per heavy atom. The van der Waals surface area contributed by atoms with Crippen LogP contribution in [0.4, 0.5) is 0 Å². The highest BCUT2D eigenvalue weighted by Crippen LogP contribution is 2.20. The lowest BCUT2D eigenvalue weighted by molar-refractivity contribution is -0.160. The maximum atomic E-state index is 12.3. The molecule has 23 heavy (non-hydrogen) atoms. The Balaban J connectivity index is 2.90. The first kappa shape index (κ1) is 19.1. The first-order valence-electron chi connectivity index (χ1n) is 7.34. The molecule has 0 spiro atoms. The normalized spacial score (nSPS) is 14.0. The quantitative estimate of drug-likeness (QED) is 0.731. The van der Waals surface area contributed by atoms with Crippen LogP contribution in [0.25, 0.3) is 0 Å². The van der Waals surface area contributed by atoms with Crippen molar-refractivity contribution in [1.29, 1.82) is 0 Å². The molecule has 128 valence electrons. The Hall–Kier alpha value is -1.92. The molecule has 0 bridgehead atoms. The number of amides is 1. The summed E-state index contributed by atoms with van der Waals surface area (Å²) in [6, 6.07) is 8.31. The SMILES string of the molecule is COC(=O)[C@@H](NC(=O)Cc1ccccc1)C(OC)C(C)(C)OC. The number of methoxy groups -OCH3 is 3. The molecule has 1 rings (SSSR count). The van der Waals surface area contributed by atoms with Gasteiger partial charge in [-0.25, -0.2) is 4.79 Å². The molecule has 0 aliphatic rings. The topological polar surface area (TPSA) is 73.9 Å². The molecule has 0 heterocycles. The predicted molar refractivity (Wildman–Crippen MR) is 86.0 cm³/mol. The van der Waals surface area contributed by atoms with Crippen LogP contribution >= 0.6 is 0 Å². The largest absolute Gasteiger partial charge is 0.467 e. The molecule has 1 amide bonds. The van der Waals surface area contributed by atoms with Crippen molar-refractivity contribution in [2.24, 2.45) is 0 Å². The first-order valence-corrected chi connectivity index (χ1v) is 7.34. The minimum Gasteiger partial charge on any atom is -0.467 e. The maximum absolute atomic E-state index is 12.3. The number of carbonyl (C=O) groups is 2. The van der Waals surface area contributed by atoms with E-state index in [4.69, 9.17) is 14.2 Å². The van der Waals surface area contributed by atoms with Crippen LogP contribution in [0.1, 0.15) is 19.4 Å². The Labute approximate surface area is 137 Å². The van der Waals surface area contributed by atoms with E-state index in [1.54, 1.807) is 13.8 Å². The van der Waals surface area contributed by atoms with E-state index in [2.05, 4.69) is 5.32 Å². The van der Waals surface area contributed by atoms with E-state index in [9.17, 15) is 9.59 Å².